The van der Waals surface area contributed by atoms with Crippen LogP contribution in [0.4, 0.5) is 5.69 Å². The molecule has 0 spiro atoms. The van der Waals surface area contributed by atoms with Crippen LogP contribution in [0, 0.1) is 10.4 Å². The molecule has 5 N–H and O–H groups in total. The average Bonchev–Trinajstić information content (AvgIpc) is 2.87. The van der Waals surface area contributed by atoms with Gasteiger partial charge in [-0.1, -0.05) is 0 Å². The number of fused-ring (bicyclic) bond motifs is 1. The number of amides is 1. The molecular weight excluding hydrogens is 476 g/mol. The Kier molecular flexibility index (Phi) is 7.69. The molecule has 0 saturated carbocycles. The summed E-state index contributed by atoms with van der Waals surface area (Å²) in [5.41, 5.74) is -0.798. The Labute approximate surface area is 203 Å². The molecule has 2 aliphatic rings. The molecule has 1 atom stereocenters. The summed E-state index contributed by atoms with van der Waals surface area (Å²) in [7, 11) is 1.01. The Morgan fingerprint density at radius 2 is 1.92 bits per heavy atom. The third-order valence-electron chi connectivity index (χ3n) is 4.92. The molecule has 3 rings (SSSR count). The summed E-state index contributed by atoms with van der Waals surface area (Å²) in [6.07, 6.45) is 0. The first-order chi connectivity index (χ1) is 17.2. The number of esters is 1. The number of methoxy groups -OCH3 is 1. The third kappa shape index (κ3) is 5.32. The highest BCUT2D eigenvalue weighted by Crippen LogP contribution is 2.30. The van der Waals surface area contributed by atoms with Crippen LogP contribution >= 0.6 is 0 Å². The lowest BCUT2D eigenvalue weighted by molar-refractivity contribution is -0.136. The summed E-state index contributed by atoms with van der Waals surface area (Å²) in [5, 5.41) is 38.1. The zero-order valence-electron chi connectivity index (χ0n) is 19.0. The van der Waals surface area contributed by atoms with E-state index in [1.165, 1.54) is 18.2 Å². The zero-order valence-corrected chi connectivity index (χ0v) is 19.0. The predicted molar refractivity (Wildman–Crippen MR) is 127 cm³/mol. The predicted octanol–water partition coefficient (Wildman–Crippen LogP) is 0.166. The minimum absolute atomic E-state index is 0.0554. The van der Waals surface area contributed by atoms with Gasteiger partial charge in [0.2, 0.25) is 17.0 Å². The number of anilines is 1. The van der Waals surface area contributed by atoms with Gasteiger partial charge in [0.1, 0.15) is 17.4 Å². The number of aromatic amines is 1. The van der Waals surface area contributed by atoms with E-state index in [0.717, 1.165) is 19.2 Å². The van der Waals surface area contributed by atoms with Crippen LogP contribution in [-0.4, -0.2) is 52.2 Å². The van der Waals surface area contributed by atoms with E-state index >= 15 is 0 Å². The molecule has 14 heteroatoms. The summed E-state index contributed by atoms with van der Waals surface area (Å²) in [5.74, 6) is -0.296. The van der Waals surface area contributed by atoms with Crippen molar-refractivity contribution in [2.45, 2.75) is 12.8 Å². The molecule has 188 valence electrons. The number of hydrogen-bond acceptors (Lipinski definition) is 11. The number of nitrogens with two attached hydrogens (primary N) is 1. The van der Waals surface area contributed by atoms with Crippen LogP contribution in [0.15, 0.2) is 47.6 Å². The molecular formula is C22H21N6O8-. The Balaban J connectivity index is 2.06. The molecule has 1 unspecified atom stereocenters. The summed E-state index contributed by atoms with van der Waals surface area (Å²) in [6.45, 7) is 2.24. The highest BCUT2D eigenvalue weighted by Gasteiger charge is 2.39. The van der Waals surface area contributed by atoms with Crippen LogP contribution in [0.3, 0.4) is 0 Å². The minimum Gasteiger partial charge on any atom is -0.612 e. The van der Waals surface area contributed by atoms with Gasteiger partial charge in [-0.3, -0.25) is 9.59 Å². The van der Waals surface area contributed by atoms with Gasteiger partial charge in [0, 0.05) is 17.8 Å². The van der Waals surface area contributed by atoms with Gasteiger partial charge in [-0.15, -0.1) is 0 Å². The van der Waals surface area contributed by atoms with Gasteiger partial charge in [-0.25, -0.2) is 9.78 Å². The quantitative estimate of drug-likeness (QED) is 0.109. The van der Waals surface area contributed by atoms with Gasteiger partial charge in [0.25, 0.3) is 5.91 Å². The number of nitrogens with zero attached hydrogens (tertiary/aromatic N) is 3. The number of ether oxygens (including phenoxy) is 2. The third-order valence-corrected chi connectivity index (χ3v) is 4.92. The molecule has 0 fully saturated rings. The molecule has 0 saturated heterocycles. The van der Waals surface area contributed by atoms with E-state index in [-0.39, 0.29) is 22.4 Å². The SMILES string of the molecule is CCOc1ccc(NC(=O)C(=O)C(/C(=N\N)C(=O)OC)c2nc3ccc(=[N+]([O-])[O-])cc-3[nH]c2O)cc1. The second kappa shape index (κ2) is 10.9. The number of Topliss-reactive ketones (excluding diaryl/α,β-unsaturated/α-hetero) is 1. The Morgan fingerprint density at radius 1 is 1.22 bits per heavy atom. The fourth-order valence-corrected chi connectivity index (χ4v) is 3.26. The Hall–Kier alpha value is -5.14. The van der Waals surface area contributed by atoms with Crippen molar-refractivity contribution in [1.82, 2.24) is 14.9 Å². The lowest BCUT2D eigenvalue weighted by Gasteiger charge is -2.18. The first-order valence-electron chi connectivity index (χ1n) is 10.3. The van der Waals surface area contributed by atoms with Crippen LogP contribution in [0.5, 0.6) is 11.6 Å². The van der Waals surface area contributed by atoms with E-state index < -0.39 is 45.8 Å². The summed E-state index contributed by atoms with van der Waals surface area (Å²) >= 11 is 0. The average molecular weight is 497 g/mol. The largest absolute Gasteiger partial charge is 0.612 e. The van der Waals surface area contributed by atoms with Gasteiger partial charge < -0.3 is 41.1 Å². The van der Waals surface area contributed by atoms with Gasteiger partial charge in [0.15, 0.2) is 5.71 Å². The first kappa shape index (κ1) is 25.5. The highest BCUT2D eigenvalue weighted by atomic mass is 16.8. The maximum Gasteiger partial charge on any atom is 0.355 e. The number of carbonyl (C=O) groups excluding carboxylic acids is 3. The second-order valence-corrected chi connectivity index (χ2v) is 7.14. The van der Waals surface area contributed by atoms with E-state index in [1.54, 1.807) is 19.1 Å². The topological polar surface area (TPSA) is 218 Å². The van der Waals surface area contributed by atoms with Gasteiger partial charge >= 0.3 is 5.97 Å². The van der Waals surface area contributed by atoms with Crippen molar-refractivity contribution >= 4 is 29.1 Å². The van der Waals surface area contributed by atoms with E-state index in [1.807, 2.05) is 0 Å². The molecule has 0 aromatic heterocycles. The van der Waals surface area contributed by atoms with Crippen molar-refractivity contribution in [3.8, 4) is 23.0 Å². The molecule has 1 heterocycles. The molecule has 0 bridgehead atoms. The molecule has 1 aliphatic heterocycles. The number of ketones is 1. The van der Waals surface area contributed by atoms with Crippen LogP contribution in [0.25, 0.3) is 11.4 Å². The fourth-order valence-electron chi connectivity index (χ4n) is 3.26. The number of aromatic hydroxyl groups is 1. The molecule has 1 aliphatic carbocycles. The number of aromatic nitrogens is 2. The van der Waals surface area contributed by atoms with Gasteiger partial charge in [0.05, 0.1) is 25.1 Å². The molecule has 1 aromatic carbocycles. The van der Waals surface area contributed by atoms with Crippen LogP contribution in [-0.2, 0) is 19.1 Å². The van der Waals surface area contributed by atoms with Crippen LogP contribution < -0.4 is 26.2 Å². The Bertz CT molecular complexity index is 1360. The smallest absolute Gasteiger partial charge is 0.355 e. The number of nitrogens with one attached hydrogen (secondary N) is 2. The van der Waals surface area contributed by atoms with Crippen molar-refractivity contribution in [3.63, 3.8) is 0 Å². The van der Waals surface area contributed by atoms with E-state index in [4.69, 9.17) is 10.6 Å². The first-order valence-corrected chi connectivity index (χ1v) is 10.3. The summed E-state index contributed by atoms with van der Waals surface area (Å²) in [4.78, 5) is 44.3. The summed E-state index contributed by atoms with van der Waals surface area (Å²) < 4.78 is 9.94. The van der Waals surface area contributed by atoms with Crippen LogP contribution in [0.1, 0.15) is 18.5 Å². The monoisotopic (exact) mass is 497 g/mol. The standard InChI is InChI=1S/C22H21N6O8/c1-3-36-13-7-4-11(5-8-13)24-21(31)19(29)16(18(27-23)22(32)35-2)17-20(30)26-15-10-12(28(33)34)6-9-14(15)25-17/h4-10,16H,3H2,1-2H3,(H5-,23,24,25,26,27,29,30,31,32,33,34)/q-1. The number of carbonyl (C=O) groups is 3. The lowest BCUT2D eigenvalue weighted by atomic mass is 9.92. The molecule has 1 aromatic rings. The van der Waals surface area contributed by atoms with E-state index in [2.05, 4.69) is 25.1 Å². The fraction of sp³-hybridized carbons (Fsp3) is 0.182. The second-order valence-electron chi connectivity index (χ2n) is 7.14. The lowest BCUT2D eigenvalue weighted by Crippen LogP contribution is -2.37. The van der Waals surface area contributed by atoms with Gasteiger partial charge in [-0.2, -0.15) is 10.0 Å². The number of hydrazone groups is 1. The molecule has 14 nitrogen and oxygen atoms in total. The molecule has 36 heavy (non-hydrogen) atoms. The van der Waals surface area contributed by atoms with Crippen molar-refractivity contribution in [1.29, 1.82) is 0 Å². The summed E-state index contributed by atoms with van der Waals surface area (Å²) in [6, 6.07) is 9.66. The van der Waals surface area contributed by atoms with E-state index in [9.17, 15) is 29.9 Å². The maximum atomic E-state index is 13.2. The van der Waals surface area contributed by atoms with Crippen molar-refractivity contribution in [2.24, 2.45) is 10.9 Å². The molecule has 0 radical (unpaired) electrons. The van der Waals surface area contributed by atoms with E-state index in [0.29, 0.717) is 12.4 Å². The van der Waals surface area contributed by atoms with Crippen LogP contribution in [0.2, 0.25) is 0 Å². The normalized spacial score (nSPS) is 12.0. The van der Waals surface area contributed by atoms with Gasteiger partial charge in [-0.05, 0) is 37.3 Å². The highest BCUT2D eigenvalue weighted by molar-refractivity contribution is 6.53. The number of H-pyrrole nitrogens is 1. The molecule has 1 amide bonds. The van der Waals surface area contributed by atoms with Crippen molar-refractivity contribution in [3.05, 3.63) is 63.9 Å². The number of benzene rings is 2. The van der Waals surface area contributed by atoms with Crippen molar-refractivity contribution in [2.75, 3.05) is 19.0 Å². The Morgan fingerprint density at radius 3 is 2.50 bits per heavy atom. The zero-order chi connectivity index (χ0) is 26.4. The van der Waals surface area contributed by atoms with Crippen molar-refractivity contribution < 1.29 is 29.0 Å². The number of rotatable bonds is 8. The minimum atomic E-state index is -1.87. The number of hydrogen-bond donors (Lipinski definition) is 4. The maximum absolute atomic E-state index is 13.2.